The number of hydrogen-bond donors (Lipinski definition) is 0. The van der Waals surface area contributed by atoms with E-state index in [2.05, 4.69) is 0 Å². The molecule has 112 valence electrons. The highest BCUT2D eigenvalue weighted by Crippen LogP contribution is 2.36. The molecule has 0 bridgehead atoms. The summed E-state index contributed by atoms with van der Waals surface area (Å²) in [6.45, 7) is 3.26. The normalized spacial score (nSPS) is 19.8. The molecule has 2 heterocycles. The van der Waals surface area contributed by atoms with E-state index in [1.165, 1.54) is 5.06 Å². The van der Waals surface area contributed by atoms with Crippen LogP contribution in [0.4, 0.5) is 0 Å². The van der Waals surface area contributed by atoms with Crippen molar-refractivity contribution in [3.05, 3.63) is 29.8 Å². The highest BCUT2D eigenvalue weighted by atomic mass is 16.7. The molecule has 1 aromatic rings. The van der Waals surface area contributed by atoms with Gasteiger partial charge in [-0.3, -0.25) is 14.4 Å². The predicted molar refractivity (Wildman–Crippen MR) is 74.7 cm³/mol. The lowest BCUT2D eigenvalue weighted by Crippen LogP contribution is -2.63. The molecule has 0 atom stereocenters. The molecule has 0 N–H and O–H groups in total. The number of hydroxylamine groups is 2. The Morgan fingerprint density at radius 3 is 2.71 bits per heavy atom. The van der Waals surface area contributed by atoms with Crippen LogP contribution in [0.15, 0.2) is 24.3 Å². The van der Waals surface area contributed by atoms with Crippen molar-refractivity contribution >= 4 is 11.8 Å². The van der Waals surface area contributed by atoms with E-state index in [0.29, 0.717) is 37.4 Å². The van der Waals surface area contributed by atoms with Crippen molar-refractivity contribution in [2.45, 2.75) is 18.9 Å². The maximum absolute atomic E-state index is 12.5. The Balaban J connectivity index is 1.70. The molecule has 0 radical (unpaired) electrons. The fourth-order valence-corrected chi connectivity index (χ4v) is 2.82. The summed E-state index contributed by atoms with van der Waals surface area (Å²) in [7, 11) is 1.60. The smallest absolute Gasteiger partial charge is 0.257 e. The number of carbonyl (C=O) groups excluding carboxylic acids is 2. The van der Waals surface area contributed by atoms with Crippen LogP contribution in [0.5, 0.6) is 5.75 Å². The van der Waals surface area contributed by atoms with Crippen LogP contribution in [0.25, 0.3) is 0 Å². The van der Waals surface area contributed by atoms with Gasteiger partial charge in [-0.2, -0.15) is 0 Å². The van der Waals surface area contributed by atoms with E-state index >= 15 is 0 Å². The van der Waals surface area contributed by atoms with Gasteiger partial charge in [0.2, 0.25) is 5.91 Å². The first-order valence-electron chi connectivity index (χ1n) is 7.01. The Labute approximate surface area is 123 Å². The van der Waals surface area contributed by atoms with Crippen LogP contribution in [-0.2, 0) is 9.63 Å². The standard InChI is InChI=1S/C15H18N2O4/c1-3-20-12-7-5-4-6-11(12)14(19)17-9-15(10-17)8-13(18)16(2)21-15/h4-7H,3,8-10H2,1-2H3. The molecular formula is C15H18N2O4. The first kappa shape index (κ1) is 13.9. The van der Waals surface area contributed by atoms with E-state index in [4.69, 9.17) is 9.57 Å². The van der Waals surface area contributed by atoms with Gasteiger partial charge in [0.25, 0.3) is 5.91 Å². The molecule has 1 aromatic carbocycles. The minimum Gasteiger partial charge on any atom is -0.493 e. The molecule has 0 saturated carbocycles. The largest absolute Gasteiger partial charge is 0.493 e. The fourth-order valence-electron chi connectivity index (χ4n) is 2.82. The average molecular weight is 290 g/mol. The number of likely N-dealkylation sites (tertiary alicyclic amines) is 1. The average Bonchev–Trinajstić information content (AvgIpc) is 2.73. The van der Waals surface area contributed by atoms with Crippen LogP contribution < -0.4 is 4.74 Å². The zero-order valence-electron chi connectivity index (χ0n) is 12.2. The lowest BCUT2D eigenvalue weighted by Gasteiger charge is -2.45. The Hall–Kier alpha value is -2.08. The van der Waals surface area contributed by atoms with Gasteiger partial charge >= 0.3 is 0 Å². The van der Waals surface area contributed by atoms with Crippen molar-refractivity contribution in [3.63, 3.8) is 0 Å². The van der Waals surface area contributed by atoms with Crippen molar-refractivity contribution in [1.29, 1.82) is 0 Å². The van der Waals surface area contributed by atoms with Gasteiger partial charge in [0, 0.05) is 7.05 Å². The summed E-state index contributed by atoms with van der Waals surface area (Å²) < 4.78 is 5.49. The number of rotatable bonds is 3. The summed E-state index contributed by atoms with van der Waals surface area (Å²) >= 11 is 0. The second kappa shape index (κ2) is 5.04. The van der Waals surface area contributed by atoms with Crippen molar-refractivity contribution in [1.82, 2.24) is 9.96 Å². The number of carbonyl (C=O) groups is 2. The highest BCUT2D eigenvalue weighted by molar-refractivity contribution is 5.97. The third kappa shape index (κ3) is 2.35. The van der Waals surface area contributed by atoms with E-state index in [9.17, 15) is 9.59 Å². The van der Waals surface area contributed by atoms with E-state index in [-0.39, 0.29) is 11.8 Å². The third-order valence-corrected chi connectivity index (χ3v) is 3.82. The van der Waals surface area contributed by atoms with Crippen LogP contribution in [0.1, 0.15) is 23.7 Å². The second-order valence-electron chi connectivity index (χ2n) is 5.43. The second-order valence-corrected chi connectivity index (χ2v) is 5.43. The van der Waals surface area contributed by atoms with Crippen molar-refractivity contribution in [2.75, 3.05) is 26.7 Å². The predicted octanol–water partition coefficient (Wildman–Crippen LogP) is 1.07. The number of amides is 2. The van der Waals surface area contributed by atoms with Crippen LogP contribution in [0.3, 0.4) is 0 Å². The molecule has 1 spiro atoms. The van der Waals surface area contributed by atoms with Crippen LogP contribution >= 0.6 is 0 Å². The third-order valence-electron chi connectivity index (χ3n) is 3.82. The summed E-state index contributed by atoms with van der Waals surface area (Å²) in [4.78, 5) is 31.3. The first-order valence-corrected chi connectivity index (χ1v) is 7.01. The van der Waals surface area contributed by atoms with Crippen LogP contribution in [-0.4, -0.2) is 54.1 Å². The molecule has 2 aliphatic rings. The number of nitrogens with zero attached hydrogens (tertiary/aromatic N) is 2. The molecule has 6 nitrogen and oxygen atoms in total. The zero-order chi connectivity index (χ0) is 15.0. The van der Waals surface area contributed by atoms with E-state index < -0.39 is 5.60 Å². The van der Waals surface area contributed by atoms with Crippen molar-refractivity contribution in [3.8, 4) is 5.75 Å². The molecule has 3 rings (SSSR count). The highest BCUT2D eigenvalue weighted by Gasteiger charge is 2.54. The molecule has 2 amide bonds. The Morgan fingerprint density at radius 1 is 1.38 bits per heavy atom. The number of ether oxygens (including phenoxy) is 1. The van der Waals surface area contributed by atoms with Crippen molar-refractivity contribution < 1.29 is 19.2 Å². The molecule has 2 saturated heterocycles. The number of hydrogen-bond acceptors (Lipinski definition) is 4. The maximum Gasteiger partial charge on any atom is 0.257 e. The minimum atomic E-state index is -0.526. The molecule has 2 fully saturated rings. The molecule has 21 heavy (non-hydrogen) atoms. The van der Waals surface area contributed by atoms with Gasteiger partial charge in [-0.15, -0.1) is 0 Å². The Kier molecular flexibility index (Phi) is 3.33. The van der Waals surface area contributed by atoms with Gasteiger partial charge in [0.15, 0.2) is 0 Å². The van der Waals surface area contributed by atoms with Gasteiger partial charge in [-0.1, -0.05) is 12.1 Å². The fraction of sp³-hybridized carbons (Fsp3) is 0.467. The lowest BCUT2D eigenvalue weighted by atomic mass is 9.90. The van der Waals surface area contributed by atoms with E-state index in [1.807, 2.05) is 19.1 Å². The van der Waals surface area contributed by atoms with Gasteiger partial charge in [0.05, 0.1) is 31.7 Å². The Bertz CT molecular complexity index is 581. The number of para-hydroxylation sites is 1. The number of benzene rings is 1. The maximum atomic E-state index is 12.5. The zero-order valence-corrected chi connectivity index (χ0v) is 12.2. The molecule has 2 aliphatic heterocycles. The summed E-state index contributed by atoms with van der Waals surface area (Å²) in [6.07, 6.45) is 0.334. The van der Waals surface area contributed by atoms with Gasteiger partial charge in [-0.05, 0) is 19.1 Å². The van der Waals surface area contributed by atoms with Gasteiger partial charge in [0.1, 0.15) is 11.4 Å². The summed E-state index contributed by atoms with van der Waals surface area (Å²) in [5.41, 5.74) is 0.0223. The minimum absolute atomic E-state index is 0.0446. The van der Waals surface area contributed by atoms with Gasteiger partial charge in [-0.25, -0.2) is 5.06 Å². The summed E-state index contributed by atoms with van der Waals surface area (Å²) in [6, 6.07) is 7.20. The lowest BCUT2D eigenvalue weighted by molar-refractivity contribution is -0.218. The van der Waals surface area contributed by atoms with Crippen molar-refractivity contribution in [2.24, 2.45) is 0 Å². The molecular weight excluding hydrogens is 272 g/mol. The molecule has 0 aromatic heterocycles. The summed E-state index contributed by atoms with van der Waals surface area (Å²) in [5.74, 6) is 0.457. The van der Waals surface area contributed by atoms with Gasteiger partial charge < -0.3 is 9.64 Å². The van der Waals surface area contributed by atoms with Crippen LogP contribution in [0.2, 0.25) is 0 Å². The monoisotopic (exact) mass is 290 g/mol. The molecule has 0 aliphatic carbocycles. The molecule has 6 heteroatoms. The SMILES string of the molecule is CCOc1ccccc1C(=O)N1CC2(CC(=O)N(C)O2)C1. The summed E-state index contributed by atoms with van der Waals surface area (Å²) in [5, 5.41) is 1.26. The van der Waals surface area contributed by atoms with E-state index in [0.717, 1.165) is 0 Å². The molecule has 0 unspecified atom stereocenters. The first-order chi connectivity index (χ1) is 10.0. The van der Waals surface area contributed by atoms with Crippen LogP contribution in [0, 0.1) is 0 Å². The van der Waals surface area contributed by atoms with E-state index in [1.54, 1.807) is 24.1 Å². The quantitative estimate of drug-likeness (QED) is 0.835. The topological polar surface area (TPSA) is 59.1 Å². The Morgan fingerprint density at radius 2 is 2.10 bits per heavy atom.